The predicted octanol–water partition coefficient (Wildman–Crippen LogP) is 8.50. The Kier molecular flexibility index (Phi) is 18.4. The summed E-state index contributed by atoms with van der Waals surface area (Å²) in [7, 11) is 0. The fraction of sp³-hybridized carbons (Fsp3) is 0.724. The minimum atomic E-state index is -0.228. The van der Waals surface area contributed by atoms with Crippen molar-refractivity contribution >= 4 is 17.4 Å². The van der Waals surface area contributed by atoms with Crippen LogP contribution in [0.15, 0.2) is 24.3 Å². The highest BCUT2D eigenvalue weighted by atomic mass is 16.5. The Morgan fingerprint density at radius 1 is 0.667 bits per heavy atom. The second kappa shape index (κ2) is 20.7. The molecule has 0 aliphatic carbocycles. The number of hydrogen-bond donors (Lipinski definition) is 1. The Morgan fingerprint density at radius 2 is 1.18 bits per heavy atom. The van der Waals surface area contributed by atoms with E-state index >= 15 is 0 Å². The lowest BCUT2D eigenvalue weighted by atomic mass is 10.0. The van der Waals surface area contributed by atoms with Gasteiger partial charge in [0.2, 0.25) is 0 Å². The third kappa shape index (κ3) is 16.4. The molecule has 1 N–H and O–H groups in total. The second-order valence-corrected chi connectivity index (χ2v) is 9.18. The third-order valence-corrected chi connectivity index (χ3v) is 6.16. The molecule has 0 atom stereocenters. The SMILES string of the molecule is CCCCCCCCCCCCCCCCNc1ccc(C(=O)CCCC(=O)OCC)cc1. The van der Waals surface area contributed by atoms with Gasteiger partial charge in [-0.05, 0) is 44.0 Å². The number of hydrogen-bond acceptors (Lipinski definition) is 4. The number of nitrogens with one attached hydrogen (secondary N) is 1. The Hall–Kier alpha value is -1.84. The van der Waals surface area contributed by atoms with Gasteiger partial charge in [-0.15, -0.1) is 0 Å². The molecule has 33 heavy (non-hydrogen) atoms. The van der Waals surface area contributed by atoms with E-state index in [-0.39, 0.29) is 11.8 Å². The standard InChI is InChI=1S/C29H49NO3/c1-3-5-6-7-8-9-10-11-12-13-14-15-16-17-25-30-27-23-21-26(22-24-27)28(31)19-18-20-29(32)33-4-2/h21-24,30H,3-20,25H2,1-2H3. The summed E-state index contributed by atoms with van der Waals surface area (Å²) in [5.74, 6) is -0.147. The number of carbonyl (C=O) groups is 2. The Labute approximate surface area is 203 Å². The zero-order chi connectivity index (χ0) is 24.0. The van der Waals surface area contributed by atoms with Crippen LogP contribution in [0.1, 0.15) is 133 Å². The fourth-order valence-electron chi connectivity index (χ4n) is 4.10. The number of ketones is 1. The number of ether oxygens (including phenoxy) is 1. The number of anilines is 1. The van der Waals surface area contributed by atoms with Crippen LogP contribution in [0.2, 0.25) is 0 Å². The minimum Gasteiger partial charge on any atom is -0.466 e. The molecule has 0 bridgehead atoms. The van der Waals surface area contributed by atoms with Crippen LogP contribution in [0, 0.1) is 0 Å². The molecule has 0 heterocycles. The van der Waals surface area contributed by atoms with Gasteiger partial charge in [0.1, 0.15) is 0 Å². The van der Waals surface area contributed by atoms with Crippen molar-refractivity contribution in [3.05, 3.63) is 29.8 Å². The quantitative estimate of drug-likeness (QED) is 0.107. The van der Waals surface area contributed by atoms with Gasteiger partial charge in [-0.3, -0.25) is 9.59 Å². The van der Waals surface area contributed by atoms with Crippen molar-refractivity contribution in [3.8, 4) is 0 Å². The molecule has 0 aliphatic heterocycles. The number of unbranched alkanes of at least 4 members (excludes halogenated alkanes) is 13. The molecule has 4 heteroatoms. The average molecular weight is 460 g/mol. The molecule has 0 amide bonds. The van der Waals surface area contributed by atoms with E-state index in [0.717, 1.165) is 12.2 Å². The molecule has 0 radical (unpaired) electrons. The van der Waals surface area contributed by atoms with Crippen molar-refractivity contribution in [2.75, 3.05) is 18.5 Å². The van der Waals surface area contributed by atoms with Crippen LogP contribution in [0.4, 0.5) is 5.69 Å². The largest absolute Gasteiger partial charge is 0.466 e. The van der Waals surface area contributed by atoms with Crippen LogP contribution < -0.4 is 5.32 Å². The van der Waals surface area contributed by atoms with Gasteiger partial charge in [-0.1, -0.05) is 90.4 Å². The van der Waals surface area contributed by atoms with Gasteiger partial charge in [0.15, 0.2) is 5.78 Å². The maximum Gasteiger partial charge on any atom is 0.305 e. The van der Waals surface area contributed by atoms with E-state index < -0.39 is 0 Å². The van der Waals surface area contributed by atoms with Crippen LogP contribution in [0.5, 0.6) is 0 Å². The first-order valence-electron chi connectivity index (χ1n) is 13.7. The van der Waals surface area contributed by atoms with E-state index in [0.29, 0.717) is 31.4 Å². The number of benzene rings is 1. The maximum absolute atomic E-state index is 12.2. The summed E-state index contributed by atoms with van der Waals surface area (Å²) in [5.41, 5.74) is 1.77. The highest BCUT2D eigenvalue weighted by Crippen LogP contribution is 2.15. The zero-order valence-electron chi connectivity index (χ0n) is 21.5. The van der Waals surface area contributed by atoms with Crippen LogP contribution in [0.3, 0.4) is 0 Å². The predicted molar refractivity (Wildman–Crippen MR) is 140 cm³/mol. The summed E-state index contributed by atoms with van der Waals surface area (Å²) in [6, 6.07) is 7.70. The summed E-state index contributed by atoms with van der Waals surface area (Å²) >= 11 is 0. The first-order chi connectivity index (χ1) is 16.2. The van der Waals surface area contributed by atoms with E-state index in [9.17, 15) is 9.59 Å². The van der Waals surface area contributed by atoms with Gasteiger partial charge in [-0.25, -0.2) is 0 Å². The Morgan fingerprint density at radius 3 is 1.70 bits per heavy atom. The summed E-state index contributed by atoms with van der Waals surface area (Å²) in [4.78, 5) is 23.6. The molecule has 0 aromatic heterocycles. The van der Waals surface area contributed by atoms with Gasteiger partial charge in [0, 0.05) is 30.6 Å². The maximum atomic E-state index is 12.2. The molecule has 0 aliphatic rings. The molecule has 1 aromatic carbocycles. The topological polar surface area (TPSA) is 55.4 Å². The highest BCUT2D eigenvalue weighted by molar-refractivity contribution is 5.96. The van der Waals surface area contributed by atoms with Crippen molar-refractivity contribution in [1.29, 1.82) is 0 Å². The molecule has 0 saturated carbocycles. The van der Waals surface area contributed by atoms with Crippen LogP contribution in [0.25, 0.3) is 0 Å². The van der Waals surface area contributed by atoms with Gasteiger partial charge >= 0.3 is 5.97 Å². The second-order valence-electron chi connectivity index (χ2n) is 9.18. The Bertz CT molecular complexity index is 612. The van der Waals surface area contributed by atoms with Gasteiger partial charge in [0.25, 0.3) is 0 Å². The zero-order valence-corrected chi connectivity index (χ0v) is 21.5. The fourth-order valence-corrected chi connectivity index (χ4v) is 4.10. The lowest BCUT2D eigenvalue weighted by molar-refractivity contribution is -0.143. The number of Topliss-reactive ketones (excluding diaryl/α,β-unsaturated/α-hetero) is 1. The molecular weight excluding hydrogens is 410 g/mol. The van der Waals surface area contributed by atoms with Gasteiger partial charge < -0.3 is 10.1 Å². The van der Waals surface area contributed by atoms with E-state index in [2.05, 4.69) is 12.2 Å². The summed E-state index contributed by atoms with van der Waals surface area (Å²) in [5, 5.41) is 3.45. The monoisotopic (exact) mass is 459 g/mol. The molecule has 0 fully saturated rings. The molecule has 4 nitrogen and oxygen atoms in total. The molecular formula is C29H49NO3. The minimum absolute atomic E-state index is 0.0813. The van der Waals surface area contributed by atoms with Crippen LogP contribution in [-0.2, 0) is 9.53 Å². The normalized spacial score (nSPS) is 10.8. The first-order valence-corrected chi connectivity index (χ1v) is 13.7. The van der Waals surface area contributed by atoms with Crippen LogP contribution in [-0.4, -0.2) is 24.9 Å². The smallest absolute Gasteiger partial charge is 0.305 e. The number of rotatable bonds is 22. The number of esters is 1. The van der Waals surface area contributed by atoms with Crippen molar-refractivity contribution < 1.29 is 14.3 Å². The third-order valence-electron chi connectivity index (χ3n) is 6.16. The van der Waals surface area contributed by atoms with Crippen LogP contribution >= 0.6 is 0 Å². The highest BCUT2D eigenvalue weighted by Gasteiger charge is 2.08. The van der Waals surface area contributed by atoms with Crippen molar-refractivity contribution in [2.45, 2.75) is 123 Å². The lowest BCUT2D eigenvalue weighted by Gasteiger charge is -2.08. The van der Waals surface area contributed by atoms with E-state index in [1.807, 2.05) is 24.3 Å². The lowest BCUT2D eigenvalue weighted by Crippen LogP contribution is -2.06. The number of carbonyl (C=O) groups excluding carboxylic acids is 2. The van der Waals surface area contributed by atoms with Crippen molar-refractivity contribution in [3.63, 3.8) is 0 Å². The van der Waals surface area contributed by atoms with Gasteiger partial charge in [-0.2, -0.15) is 0 Å². The Balaban J connectivity index is 1.97. The van der Waals surface area contributed by atoms with Crippen molar-refractivity contribution in [2.24, 2.45) is 0 Å². The molecule has 0 saturated heterocycles. The summed E-state index contributed by atoms with van der Waals surface area (Å²) < 4.78 is 4.89. The molecule has 0 unspecified atom stereocenters. The summed E-state index contributed by atoms with van der Waals surface area (Å²) in [6.45, 7) is 5.43. The molecule has 188 valence electrons. The van der Waals surface area contributed by atoms with Gasteiger partial charge in [0.05, 0.1) is 6.61 Å². The molecule has 1 aromatic rings. The molecule has 0 spiro atoms. The van der Waals surface area contributed by atoms with E-state index in [1.165, 1.54) is 89.9 Å². The first kappa shape index (κ1) is 29.2. The van der Waals surface area contributed by atoms with E-state index in [4.69, 9.17) is 4.74 Å². The molecule has 1 rings (SSSR count). The summed E-state index contributed by atoms with van der Waals surface area (Å²) in [6.07, 6.45) is 20.5. The van der Waals surface area contributed by atoms with Crippen molar-refractivity contribution in [1.82, 2.24) is 0 Å². The van der Waals surface area contributed by atoms with E-state index in [1.54, 1.807) is 6.92 Å². The average Bonchev–Trinajstić information content (AvgIpc) is 2.82.